The Balaban J connectivity index is 1.57. The zero-order valence-corrected chi connectivity index (χ0v) is 16.3. The van der Waals surface area contributed by atoms with Gasteiger partial charge in [-0.1, -0.05) is 18.2 Å². The first-order chi connectivity index (χ1) is 14.1. The lowest BCUT2D eigenvalue weighted by Gasteiger charge is -2.17. The first-order valence-corrected chi connectivity index (χ1v) is 9.77. The van der Waals surface area contributed by atoms with Gasteiger partial charge in [0.1, 0.15) is 0 Å². The number of carbonyl (C=O) groups is 2. The smallest absolute Gasteiger partial charge is 0.287 e. The van der Waals surface area contributed by atoms with Gasteiger partial charge in [-0.25, -0.2) is 4.98 Å². The van der Waals surface area contributed by atoms with Crippen LogP contribution < -0.4 is 10.6 Å². The Labute approximate surface area is 169 Å². The molecule has 29 heavy (non-hydrogen) atoms. The first-order valence-electron chi connectivity index (χ1n) is 9.77. The van der Waals surface area contributed by atoms with Gasteiger partial charge in [-0.15, -0.1) is 0 Å². The third-order valence-corrected chi connectivity index (χ3v) is 5.13. The molecule has 2 amide bonds. The fourth-order valence-corrected chi connectivity index (χ4v) is 3.55. The summed E-state index contributed by atoms with van der Waals surface area (Å²) in [4.78, 5) is 34.2. The van der Waals surface area contributed by atoms with Gasteiger partial charge in [0.15, 0.2) is 11.5 Å². The van der Waals surface area contributed by atoms with Crippen molar-refractivity contribution in [2.75, 3.05) is 5.32 Å². The molecular formula is C22H23N5O2. The average molecular weight is 389 g/mol. The molecule has 3 aromatic rings. The molecule has 0 radical (unpaired) electrons. The van der Waals surface area contributed by atoms with Crippen LogP contribution in [-0.4, -0.2) is 26.3 Å². The fraction of sp³-hybridized carbons (Fsp3) is 0.273. The molecule has 0 atom stereocenters. The number of imidazole rings is 1. The topological polar surface area (TPSA) is 88.9 Å². The molecule has 2 N–H and O–H groups in total. The van der Waals surface area contributed by atoms with Gasteiger partial charge >= 0.3 is 0 Å². The molecule has 2 aromatic heterocycles. The van der Waals surface area contributed by atoms with Crippen LogP contribution in [0.3, 0.4) is 0 Å². The van der Waals surface area contributed by atoms with Crippen molar-refractivity contribution in [1.82, 2.24) is 19.9 Å². The number of hydrogen-bond donors (Lipinski definition) is 2. The van der Waals surface area contributed by atoms with Crippen LogP contribution in [0.1, 0.15) is 50.8 Å². The molecule has 1 aliphatic rings. The lowest BCUT2D eigenvalue weighted by atomic mass is 10.1. The van der Waals surface area contributed by atoms with E-state index in [1.807, 2.05) is 47.9 Å². The van der Waals surface area contributed by atoms with Gasteiger partial charge in [0.05, 0.1) is 5.69 Å². The number of carbonyl (C=O) groups excluding carboxylic acids is 2. The molecule has 7 heteroatoms. The summed E-state index contributed by atoms with van der Waals surface area (Å²) < 4.78 is 1.89. The third-order valence-electron chi connectivity index (χ3n) is 5.13. The minimum Gasteiger partial charge on any atom is -0.345 e. The number of para-hydroxylation sites is 1. The van der Waals surface area contributed by atoms with Crippen LogP contribution in [0.4, 0.5) is 5.69 Å². The number of hydrogen-bond acceptors (Lipinski definition) is 4. The Morgan fingerprint density at radius 2 is 1.86 bits per heavy atom. The highest BCUT2D eigenvalue weighted by atomic mass is 16.2. The Bertz CT molecular complexity index is 1040. The molecule has 4 rings (SSSR count). The summed E-state index contributed by atoms with van der Waals surface area (Å²) in [5.74, 6) is -0.262. The van der Waals surface area contributed by atoms with Gasteiger partial charge in [0.2, 0.25) is 0 Å². The Kier molecular flexibility index (Phi) is 5.37. The number of nitrogens with one attached hydrogen (secondary N) is 2. The molecule has 0 saturated heterocycles. The number of aryl methyl sites for hydroxylation is 1. The summed E-state index contributed by atoms with van der Waals surface area (Å²) in [6, 6.07) is 11.3. The van der Waals surface area contributed by atoms with Crippen molar-refractivity contribution >= 4 is 17.5 Å². The summed E-state index contributed by atoms with van der Waals surface area (Å²) >= 11 is 0. The monoisotopic (exact) mass is 389 g/mol. The maximum absolute atomic E-state index is 12.9. The average Bonchev–Trinajstić information content (AvgIpc) is 3.14. The van der Waals surface area contributed by atoms with Gasteiger partial charge in [-0.3, -0.25) is 14.6 Å². The Morgan fingerprint density at radius 1 is 1.07 bits per heavy atom. The van der Waals surface area contributed by atoms with Crippen molar-refractivity contribution in [1.29, 1.82) is 0 Å². The van der Waals surface area contributed by atoms with Crippen molar-refractivity contribution in [2.45, 2.75) is 39.3 Å². The van der Waals surface area contributed by atoms with E-state index in [9.17, 15) is 9.59 Å². The number of amides is 2. The van der Waals surface area contributed by atoms with Crippen LogP contribution in [0.25, 0.3) is 0 Å². The molecule has 0 bridgehead atoms. The highest BCUT2D eigenvalue weighted by Gasteiger charge is 2.27. The van der Waals surface area contributed by atoms with Crippen molar-refractivity contribution in [3.8, 4) is 0 Å². The van der Waals surface area contributed by atoms with E-state index in [1.54, 1.807) is 12.4 Å². The fourth-order valence-electron chi connectivity index (χ4n) is 3.55. The zero-order valence-electron chi connectivity index (χ0n) is 16.3. The van der Waals surface area contributed by atoms with Gasteiger partial charge in [0.25, 0.3) is 11.8 Å². The molecule has 3 heterocycles. The number of fused-ring (bicyclic) bond motifs is 1. The summed E-state index contributed by atoms with van der Waals surface area (Å²) in [5.41, 5.74) is 3.85. The second kappa shape index (κ2) is 8.26. The van der Waals surface area contributed by atoms with E-state index in [4.69, 9.17) is 0 Å². The zero-order chi connectivity index (χ0) is 20.2. The molecule has 0 fully saturated rings. The highest BCUT2D eigenvalue weighted by molar-refractivity contribution is 6.05. The van der Waals surface area contributed by atoms with E-state index >= 15 is 0 Å². The Morgan fingerprint density at radius 3 is 2.66 bits per heavy atom. The van der Waals surface area contributed by atoms with Gasteiger partial charge < -0.3 is 15.2 Å². The Hall–Kier alpha value is -3.48. The number of pyridine rings is 1. The summed E-state index contributed by atoms with van der Waals surface area (Å²) in [5, 5.41) is 5.83. The standard InChI is InChI=1S/C22H23N5O2/c1-15-6-2-3-7-17(15)25-21(28)19-18-8-4-5-13-27(18)20(26-19)22(29)24-14-16-9-11-23-12-10-16/h2-3,6-7,9-12H,4-5,8,13-14H2,1H3,(H,24,29)(H,25,28). The lowest BCUT2D eigenvalue weighted by molar-refractivity contribution is 0.0935. The third kappa shape index (κ3) is 4.03. The van der Waals surface area contributed by atoms with E-state index in [-0.39, 0.29) is 11.8 Å². The van der Waals surface area contributed by atoms with E-state index in [0.29, 0.717) is 24.6 Å². The summed E-state index contributed by atoms with van der Waals surface area (Å²) in [7, 11) is 0. The van der Waals surface area contributed by atoms with E-state index in [2.05, 4.69) is 20.6 Å². The number of rotatable bonds is 5. The van der Waals surface area contributed by atoms with Gasteiger partial charge in [0, 0.05) is 31.2 Å². The minimum absolute atomic E-state index is 0.278. The molecule has 0 spiro atoms. The molecule has 0 unspecified atom stereocenters. The molecule has 1 aromatic carbocycles. The van der Waals surface area contributed by atoms with Crippen LogP contribution in [-0.2, 0) is 19.5 Å². The predicted molar refractivity (Wildman–Crippen MR) is 110 cm³/mol. The normalized spacial score (nSPS) is 12.9. The van der Waals surface area contributed by atoms with Crippen LogP contribution in [0.5, 0.6) is 0 Å². The molecule has 7 nitrogen and oxygen atoms in total. The number of anilines is 1. The van der Waals surface area contributed by atoms with Crippen molar-refractivity contribution in [2.24, 2.45) is 0 Å². The lowest BCUT2D eigenvalue weighted by Crippen LogP contribution is -2.27. The van der Waals surface area contributed by atoms with Crippen molar-refractivity contribution in [3.63, 3.8) is 0 Å². The quantitative estimate of drug-likeness (QED) is 0.702. The molecular weight excluding hydrogens is 366 g/mol. The summed E-state index contributed by atoms with van der Waals surface area (Å²) in [6.45, 7) is 3.02. The molecule has 0 saturated carbocycles. The second-order valence-corrected chi connectivity index (χ2v) is 7.15. The number of nitrogens with zero attached hydrogens (tertiary/aromatic N) is 3. The first kappa shape index (κ1) is 18.9. The van der Waals surface area contributed by atoms with Crippen molar-refractivity contribution in [3.05, 3.63) is 77.1 Å². The highest BCUT2D eigenvalue weighted by Crippen LogP contribution is 2.23. The number of aromatic nitrogens is 3. The van der Waals surface area contributed by atoms with Crippen LogP contribution in [0.15, 0.2) is 48.8 Å². The second-order valence-electron chi connectivity index (χ2n) is 7.15. The maximum atomic E-state index is 12.9. The molecule has 0 aliphatic carbocycles. The van der Waals surface area contributed by atoms with E-state index in [0.717, 1.165) is 41.8 Å². The van der Waals surface area contributed by atoms with E-state index in [1.165, 1.54) is 0 Å². The van der Waals surface area contributed by atoms with E-state index < -0.39 is 0 Å². The summed E-state index contributed by atoms with van der Waals surface area (Å²) in [6.07, 6.45) is 6.06. The number of benzene rings is 1. The maximum Gasteiger partial charge on any atom is 0.287 e. The van der Waals surface area contributed by atoms with Gasteiger partial charge in [-0.2, -0.15) is 0 Å². The molecule has 148 valence electrons. The van der Waals surface area contributed by atoms with Crippen LogP contribution in [0.2, 0.25) is 0 Å². The van der Waals surface area contributed by atoms with Crippen molar-refractivity contribution < 1.29 is 9.59 Å². The SMILES string of the molecule is Cc1ccccc1NC(=O)c1nc(C(=O)NCc2ccncc2)n2c1CCCC2. The minimum atomic E-state index is -0.280. The van der Waals surface area contributed by atoms with Crippen LogP contribution >= 0.6 is 0 Å². The largest absolute Gasteiger partial charge is 0.345 e. The molecule has 1 aliphatic heterocycles. The van der Waals surface area contributed by atoms with Gasteiger partial charge in [-0.05, 0) is 55.5 Å². The predicted octanol–water partition coefficient (Wildman–Crippen LogP) is 3.11. The van der Waals surface area contributed by atoms with Crippen LogP contribution in [0, 0.1) is 6.92 Å².